The third-order valence-corrected chi connectivity index (χ3v) is 16.7. The third kappa shape index (κ3) is 3.36. The number of furan rings is 1. The first-order valence-electron chi connectivity index (χ1n) is 15.7. The van der Waals surface area contributed by atoms with Crippen LogP contribution in [0.25, 0.3) is 66.0 Å². The van der Waals surface area contributed by atoms with Crippen LogP contribution in [0.1, 0.15) is 55.0 Å². The van der Waals surface area contributed by atoms with Crippen molar-refractivity contribution in [1.82, 2.24) is 4.57 Å². The van der Waals surface area contributed by atoms with E-state index in [9.17, 15) is 0 Å². The maximum atomic E-state index is 6.40. The predicted molar refractivity (Wildman–Crippen MR) is 200 cm³/mol. The Balaban J connectivity index is 1.13. The van der Waals surface area contributed by atoms with E-state index >= 15 is 0 Å². The molecule has 6 heterocycles. The van der Waals surface area contributed by atoms with Crippen molar-refractivity contribution in [3.63, 3.8) is 0 Å². The van der Waals surface area contributed by atoms with E-state index in [1.54, 1.807) is 8.52 Å². The Labute approximate surface area is 283 Å². The molecule has 3 aromatic carbocycles. The van der Waals surface area contributed by atoms with Crippen LogP contribution in [0, 0.1) is 27.7 Å². The van der Waals surface area contributed by atoms with Gasteiger partial charge in [-0.3, -0.25) is 0 Å². The van der Waals surface area contributed by atoms with Gasteiger partial charge in [-0.25, -0.2) is 0 Å². The molecular formula is C40H27NOS3Se. The summed E-state index contributed by atoms with van der Waals surface area (Å²) in [7, 11) is 0. The summed E-state index contributed by atoms with van der Waals surface area (Å²) >= 11 is 6.27. The first-order chi connectivity index (χ1) is 22.4. The van der Waals surface area contributed by atoms with Crippen LogP contribution >= 0.6 is 34.0 Å². The van der Waals surface area contributed by atoms with E-state index < -0.39 is 0 Å². The minimum atomic E-state index is 0.245. The van der Waals surface area contributed by atoms with Crippen LogP contribution in [0.15, 0.2) is 77.2 Å². The summed E-state index contributed by atoms with van der Waals surface area (Å²) in [6.07, 6.45) is 0.962. The van der Waals surface area contributed by atoms with Crippen LogP contribution in [0.2, 0.25) is 0 Å². The van der Waals surface area contributed by atoms with E-state index in [2.05, 4.69) is 105 Å². The molecule has 0 saturated carbocycles. The molecule has 9 aromatic rings. The Bertz CT molecular complexity index is 2800. The number of hydrogen-bond donors (Lipinski definition) is 0. The molecule has 0 radical (unpaired) electrons. The summed E-state index contributed by atoms with van der Waals surface area (Å²) in [5.74, 6) is 2.37. The van der Waals surface area contributed by atoms with Crippen LogP contribution in [0.3, 0.4) is 0 Å². The van der Waals surface area contributed by atoms with Gasteiger partial charge in [0.2, 0.25) is 0 Å². The molecule has 0 bridgehead atoms. The second kappa shape index (κ2) is 9.03. The summed E-state index contributed by atoms with van der Waals surface area (Å²) in [6.45, 7) is 8.68. The molecule has 2 aliphatic rings. The van der Waals surface area contributed by atoms with Gasteiger partial charge in [-0.2, -0.15) is 0 Å². The maximum absolute atomic E-state index is 6.40. The van der Waals surface area contributed by atoms with Crippen molar-refractivity contribution in [3.8, 4) is 5.69 Å². The molecule has 11 rings (SSSR count). The number of aryl methyl sites for hydroxylation is 4. The van der Waals surface area contributed by atoms with Gasteiger partial charge >= 0.3 is 278 Å². The topological polar surface area (TPSA) is 18.1 Å². The Morgan fingerprint density at radius 1 is 0.761 bits per heavy atom. The van der Waals surface area contributed by atoms with E-state index in [0.29, 0.717) is 0 Å². The van der Waals surface area contributed by atoms with Gasteiger partial charge in [0.05, 0.1) is 0 Å². The summed E-state index contributed by atoms with van der Waals surface area (Å²) in [5.41, 5.74) is 13.8. The number of allylic oxidation sites excluding steroid dienone is 2. The molecule has 1 atom stereocenters. The average Bonchev–Trinajstić information content (AvgIpc) is 3.89. The first-order valence-corrected chi connectivity index (χ1v) is 19.9. The molecule has 6 heteroatoms. The van der Waals surface area contributed by atoms with Crippen molar-refractivity contribution in [1.29, 1.82) is 0 Å². The molecule has 6 aromatic heterocycles. The summed E-state index contributed by atoms with van der Waals surface area (Å²) in [6, 6.07) is 28.0. The van der Waals surface area contributed by atoms with Gasteiger partial charge in [-0.15, -0.1) is 0 Å². The van der Waals surface area contributed by atoms with Crippen molar-refractivity contribution in [2.75, 3.05) is 0 Å². The number of rotatable bonds is 2. The van der Waals surface area contributed by atoms with Crippen molar-refractivity contribution >= 4 is 109 Å². The Hall–Kier alpha value is -3.64. The fourth-order valence-electron chi connectivity index (χ4n) is 8.05. The van der Waals surface area contributed by atoms with Gasteiger partial charge in [0, 0.05) is 0 Å². The minimum absolute atomic E-state index is 0.245. The molecule has 2 aliphatic carbocycles. The predicted octanol–water partition coefficient (Wildman–Crippen LogP) is 11.9. The molecule has 0 N–H and O–H groups in total. The van der Waals surface area contributed by atoms with Gasteiger partial charge in [0.1, 0.15) is 0 Å². The van der Waals surface area contributed by atoms with Gasteiger partial charge < -0.3 is 0 Å². The van der Waals surface area contributed by atoms with E-state index in [-0.39, 0.29) is 20.4 Å². The zero-order chi connectivity index (χ0) is 30.6. The van der Waals surface area contributed by atoms with Crippen molar-refractivity contribution in [2.24, 2.45) is 0 Å². The zero-order valence-corrected chi connectivity index (χ0v) is 29.9. The number of thiophene rings is 3. The van der Waals surface area contributed by atoms with E-state index in [1.165, 1.54) is 95.0 Å². The molecule has 46 heavy (non-hydrogen) atoms. The van der Waals surface area contributed by atoms with Gasteiger partial charge in [-0.05, 0) is 6.92 Å². The normalized spacial score (nSPS) is 15.9. The van der Waals surface area contributed by atoms with Crippen LogP contribution in [0.5, 0.6) is 0 Å². The number of hydrogen-bond acceptors (Lipinski definition) is 4. The Morgan fingerprint density at radius 3 is 2.30 bits per heavy atom. The van der Waals surface area contributed by atoms with Crippen LogP contribution < -0.4 is 0 Å². The van der Waals surface area contributed by atoms with Crippen molar-refractivity contribution in [3.05, 3.63) is 122 Å². The SMILES string of the molecule is Cc1ccc(C2C3=C(Cc4c3sc3cc5c(cc43)sc3c5[se]c4c5sc(C)cc5n(-c5ccc(C)cc5)c34)c3oc(C)cc32)cc1. The molecule has 0 fully saturated rings. The molecule has 0 amide bonds. The molecule has 2 nitrogen and oxygen atoms in total. The van der Waals surface area contributed by atoms with Crippen LogP contribution in [-0.4, -0.2) is 19.1 Å². The summed E-state index contributed by atoms with van der Waals surface area (Å²) in [4.78, 5) is 2.87. The molecular weight excluding hydrogens is 686 g/mol. The number of benzene rings is 3. The third-order valence-electron chi connectivity index (χ3n) is 10.1. The average molecular weight is 713 g/mol. The quantitative estimate of drug-likeness (QED) is 0.163. The zero-order valence-electron chi connectivity index (χ0n) is 25.7. The number of aromatic nitrogens is 1. The van der Waals surface area contributed by atoms with Gasteiger partial charge in [0.15, 0.2) is 0 Å². The van der Waals surface area contributed by atoms with E-state index in [4.69, 9.17) is 4.42 Å². The second-order valence-corrected chi connectivity index (χ2v) is 18.6. The van der Waals surface area contributed by atoms with Crippen LogP contribution in [-0.2, 0) is 6.42 Å². The molecule has 0 aliphatic heterocycles. The summed E-state index contributed by atoms with van der Waals surface area (Å²) in [5, 5.41) is 2.91. The van der Waals surface area contributed by atoms with Crippen LogP contribution in [0.4, 0.5) is 0 Å². The summed E-state index contributed by atoms with van der Waals surface area (Å²) < 4.78 is 17.9. The molecule has 1 unspecified atom stereocenters. The Morgan fingerprint density at radius 2 is 1.50 bits per heavy atom. The fraction of sp³-hybridized carbons (Fsp3) is 0.150. The number of fused-ring (bicyclic) bond motifs is 13. The van der Waals surface area contributed by atoms with Gasteiger partial charge in [-0.1, -0.05) is 0 Å². The Kier molecular flexibility index (Phi) is 5.19. The van der Waals surface area contributed by atoms with Gasteiger partial charge in [0.25, 0.3) is 0 Å². The van der Waals surface area contributed by atoms with E-state index in [1.807, 2.05) is 34.0 Å². The van der Waals surface area contributed by atoms with Crippen molar-refractivity contribution < 1.29 is 4.42 Å². The molecule has 222 valence electrons. The second-order valence-electron chi connectivity index (χ2n) is 13.1. The molecule has 0 spiro atoms. The van der Waals surface area contributed by atoms with Crippen molar-refractivity contribution in [2.45, 2.75) is 40.0 Å². The molecule has 0 saturated heterocycles. The fourth-order valence-corrected chi connectivity index (χ4v) is 15.2. The number of nitrogens with zero attached hydrogens (tertiary/aromatic N) is 1. The monoisotopic (exact) mass is 713 g/mol. The van der Waals surface area contributed by atoms with E-state index in [0.717, 1.165) is 17.9 Å². The standard InChI is InChI=1S/C40H27NOS3Se/c1-18-5-9-22(10-6-18)32-27-13-20(3)42-35(27)28-15-25-24-16-31-26(17-30(24)44-36(25)33(28)32)39-38(45-31)34-40(46-39)37-29(14-21(4)43-37)41(34)23-11-7-19(2)8-12-23/h5-14,16-17,32H,15H2,1-4H3. The first kappa shape index (κ1) is 26.4.